The van der Waals surface area contributed by atoms with Crippen LogP contribution in [0.1, 0.15) is 17.5 Å². The van der Waals surface area contributed by atoms with Crippen molar-refractivity contribution in [1.29, 1.82) is 0 Å². The Morgan fingerprint density at radius 2 is 2.13 bits per heavy atom. The first-order valence-electron chi connectivity index (χ1n) is 6.38. The van der Waals surface area contributed by atoms with Crippen molar-refractivity contribution in [2.24, 2.45) is 0 Å². The quantitative estimate of drug-likeness (QED) is 0.509. The second kappa shape index (κ2) is 6.93. The molecule has 0 saturated heterocycles. The molecule has 1 aromatic carbocycles. The molecule has 0 spiro atoms. The molecule has 0 aliphatic carbocycles. The lowest BCUT2D eigenvalue weighted by atomic mass is 10.2. The lowest BCUT2D eigenvalue weighted by molar-refractivity contribution is -0.384. The maximum Gasteiger partial charge on any atom is 0.374 e. The number of benzene rings is 1. The fourth-order valence-corrected chi connectivity index (χ4v) is 1.84. The summed E-state index contributed by atoms with van der Waals surface area (Å²) in [7, 11) is 0. The van der Waals surface area contributed by atoms with Gasteiger partial charge in [-0.2, -0.15) is 0 Å². The number of nitrogens with one attached hydrogen (secondary N) is 1. The first kappa shape index (κ1) is 16.5. The summed E-state index contributed by atoms with van der Waals surface area (Å²) in [5.74, 6) is -1.45. The summed E-state index contributed by atoms with van der Waals surface area (Å²) in [5, 5.41) is 13.0. The molecular formula is C14H11ClN2O6. The van der Waals surface area contributed by atoms with E-state index in [9.17, 15) is 19.7 Å². The van der Waals surface area contributed by atoms with Gasteiger partial charge in [-0.3, -0.25) is 14.9 Å². The van der Waals surface area contributed by atoms with Gasteiger partial charge in [0, 0.05) is 12.1 Å². The number of halogens is 1. The van der Waals surface area contributed by atoms with Crippen LogP contribution in [0.5, 0.6) is 0 Å². The van der Waals surface area contributed by atoms with Crippen molar-refractivity contribution in [3.8, 4) is 0 Å². The summed E-state index contributed by atoms with van der Waals surface area (Å²) in [6.07, 6.45) is 0.191. The first-order valence-corrected chi connectivity index (χ1v) is 6.75. The van der Waals surface area contributed by atoms with Gasteiger partial charge in [0.25, 0.3) is 11.6 Å². The molecule has 0 radical (unpaired) electrons. The molecule has 0 aliphatic heterocycles. The predicted molar refractivity (Wildman–Crippen MR) is 80.3 cm³/mol. The van der Waals surface area contributed by atoms with Crippen molar-refractivity contribution < 1.29 is 23.7 Å². The Bertz CT molecular complexity index is 744. The number of anilines is 1. The fourth-order valence-electron chi connectivity index (χ4n) is 1.62. The molecule has 1 aromatic heterocycles. The Labute approximate surface area is 135 Å². The highest BCUT2D eigenvalue weighted by Crippen LogP contribution is 2.26. The molecule has 0 fully saturated rings. The van der Waals surface area contributed by atoms with E-state index in [1.807, 2.05) is 0 Å². The van der Waals surface area contributed by atoms with Crippen LogP contribution in [0.2, 0.25) is 5.02 Å². The number of non-ortho nitro benzene ring substituents is 1. The molecule has 120 valence electrons. The molecule has 0 unspecified atom stereocenters. The molecule has 1 heterocycles. The van der Waals surface area contributed by atoms with Crippen molar-refractivity contribution in [3.05, 3.63) is 57.5 Å². The average molecular weight is 339 g/mol. The molecule has 23 heavy (non-hydrogen) atoms. The highest BCUT2D eigenvalue weighted by atomic mass is 35.5. The van der Waals surface area contributed by atoms with E-state index in [1.165, 1.54) is 37.5 Å². The van der Waals surface area contributed by atoms with Crippen LogP contribution >= 0.6 is 11.6 Å². The van der Waals surface area contributed by atoms with Crippen LogP contribution in [0.3, 0.4) is 0 Å². The van der Waals surface area contributed by atoms with E-state index in [0.29, 0.717) is 0 Å². The van der Waals surface area contributed by atoms with E-state index >= 15 is 0 Å². The minimum atomic E-state index is -1.11. The third-order valence-corrected chi connectivity index (χ3v) is 3.11. The number of nitrogens with zero attached hydrogens (tertiary/aromatic N) is 1. The SMILES string of the molecule is C[C@H](OC(=O)c1ccco1)C(=O)Nc1ccc([N+](=O)[O-])cc1Cl. The van der Waals surface area contributed by atoms with Crippen molar-refractivity contribution in [2.75, 3.05) is 5.32 Å². The van der Waals surface area contributed by atoms with Gasteiger partial charge in [0.15, 0.2) is 6.10 Å². The Kier molecular flexibility index (Phi) is 4.97. The summed E-state index contributed by atoms with van der Waals surface area (Å²) >= 11 is 5.87. The summed E-state index contributed by atoms with van der Waals surface area (Å²) < 4.78 is 9.79. The molecule has 9 heteroatoms. The normalized spacial score (nSPS) is 11.6. The van der Waals surface area contributed by atoms with Crippen LogP contribution in [0.4, 0.5) is 11.4 Å². The number of amides is 1. The number of carbonyl (C=O) groups excluding carboxylic acids is 2. The van der Waals surface area contributed by atoms with Crippen molar-refractivity contribution in [3.63, 3.8) is 0 Å². The molecule has 8 nitrogen and oxygen atoms in total. The zero-order chi connectivity index (χ0) is 17.0. The van der Waals surface area contributed by atoms with Crippen LogP contribution in [-0.2, 0) is 9.53 Å². The number of carbonyl (C=O) groups is 2. The van der Waals surface area contributed by atoms with Crippen LogP contribution in [0.25, 0.3) is 0 Å². The molecule has 0 bridgehead atoms. The summed E-state index contributed by atoms with van der Waals surface area (Å²) in [6, 6.07) is 6.51. The second-order valence-corrected chi connectivity index (χ2v) is 4.84. The van der Waals surface area contributed by atoms with Gasteiger partial charge in [-0.1, -0.05) is 11.6 Å². The van der Waals surface area contributed by atoms with E-state index in [2.05, 4.69) is 5.32 Å². The number of ether oxygens (including phenoxy) is 1. The van der Waals surface area contributed by atoms with E-state index in [4.69, 9.17) is 20.8 Å². The van der Waals surface area contributed by atoms with Gasteiger partial charge >= 0.3 is 5.97 Å². The number of esters is 1. The van der Waals surface area contributed by atoms with E-state index in [1.54, 1.807) is 0 Å². The Balaban J connectivity index is 2.01. The zero-order valence-corrected chi connectivity index (χ0v) is 12.6. The topological polar surface area (TPSA) is 112 Å². The molecular weight excluding hydrogens is 328 g/mol. The number of hydrogen-bond donors (Lipinski definition) is 1. The average Bonchev–Trinajstić information content (AvgIpc) is 3.03. The summed E-state index contributed by atoms with van der Waals surface area (Å²) in [5.41, 5.74) is -0.0338. The minimum absolute atomic E-state index is 0.00267. The third-order valence-electron chi connectivity index (χ3n) is 2.80. The lowest BCUT2D eigenvalue weighted by Gasteiger charge is -2.13. The lowest BCUT2D eigenvalue weighted by Crippen LogP contribution is -2.30. The number of nitro benzene ring substituents is 1. The van der Waals surface area contributed by atoms with E-state index in [0.717, 1.165) is 6.07 Å². The van der Waals surface area contributed by atoms with E-state index in [-0.39, 0.29) is 22.2 Å². The van der Waals surface area contributed by atoms with Crippen molar-refractivity contribution in [1.82, 2.24) is 0 Å². The molecule has 0 aliphatic rings. The Morgan fingerprint density at radius 1 is 1.39 bits per heavy atom. The number of hydrogen-bond acceptors (Lipinski definition) is 6. The Morgan fingerprint density at radius 3 is 2.70 bits per heavy atom. The molecule has 2 aromatic rings. The Hall–Kier alpha value is -2.87. The molecule has 1 atom stereocenters. The van der Waals surface area contributed by atoms with Gasteiger partial charge in [0.05, 0.1) is 21.9 Å². The van der Waals surface area contributed by atoms with Crippen molar-refractivity contribution in [2.45, 2.75) is 13.0 Å². The minimum Gasteiger partial charge on any atom is -0.457 e. The van der Waals surface area contributed by atoms with Gasteiger partial charge in [-0.25, -0.2) is 4.79 Å². The van der Waals surface area contributed by atoms with Gasteiger partial charge in [-0.05, 0) is 25.1 Å². The first-order chi connectivity index (χ1) is 10.9. The monoisotopic (exact) mass is 338 g/mol. The highest BCUT2D eigenvalue weighted by Gasteiger charge is 2.21. The van der Waals surface area contributed by atoms with E-state index < -0.39 is 22.9 Å². The van der Waals surface area contributed by atoms with Gasteiger partial charge in [-0.15, -0.1) is 0 Å². The number of rotatable bonds is 5. The van der Waals surface area contributed by atoms with Crippen LogP contribution < -0.4 is 5.32 Å². The maximum absolute atomic E-state index is 12.0. The van der Waals surface area contributed by atoms with Gasteiger partial charge in [0.2, 0.25) is 5.76 Å². The highest BCUT2D eigenvalue weighted by molar-refractivity contribution is 6.34. The largest absolute Gasteiger partial charge is 0.457 e. The molecule has 1 amide bonds. The summed E-state index contributed by atoms with van der Waals surface area (Å²) in [4.78, 5) is 33.7. The molecule has 0 saturated carbocycles. The van der Waals surface area contributed by atoms with Gasteiger partial charge in [0.1, 0.15) is 0 Å². The predicted octanol–water partition coefficient (Wildman–Crippen LogP) is 3.03. The zero-order valence-electron chi connectivity index (χ0n) is 11.8. The maximum atomic E-state index is 12.0. The summed E-state index contributed by atoms with van der Waals surface area (Å²) in [6.45, 7) is 1.37. The number of furan rings is 1. The van der Waals surface area contributed by atoms with Crippen LogP contribution in [-0.4, -0.2) is 22.9 Å². The molecule has 2 rings (SSSR count). The smallest absolute Gasteiger partial charge is 0.374 e. The fraction of sp³-hybridized carbons (Fsp3) is 0.143. The molecule has 1 N–H and O–H groups in total. The second-order valence-electron chi connectivity index (χ2n) is 4.44. The van der Waals surface area contributed by atoms with Crippen LogP contribution in [0.15, 0.2) is 41.0 Å². The van der Waals surface area contributed by atoms with Crippen molar-refractivity contribution >= 4 is 34.9 Å². The standard InChI is InChI=1S/C14H11ClN2O6/c1-8(23-14(19)12-3-2-6-22-12)13(18)16-11-5-4-9(17(20)21)7-10(11)15/h2-8H,1H3,(H,16,18)/t8-/m0/s1. The third kappa shape index (κ3) is 4.07. The van der Waals surface area contributed by atoms with Crippen LogP contribution in [0, 0.1) is 10.1 Å². The van der Waals surface area contributed by atoms with Gasteiger partial charge < -0.3 is 14.5 Å². The number of nitro groups is 1.